The molecule has 0 aliphatic carbocycles. The number of anilines is 1. The monoisotopic (exact) mass is 495 g/mol. The van der Waals surface area contributed by atoms with Crippen LogP contribution in [-0.4, -0.2) is 31.7 Å². The molecular weight excluding hydrogens is 478 g/mol. The van der Waals surface area contributed by atoms with Crippen molar-refractivity contribution in [1.82, 2.24) is 9.73 Å². The molecule has 1 aliphatic rings. The van der Waals surface area contributed by atoms with E-state index in [1.165, 1.54) is 34.6 Å². The molecule has 0 radical (unpaired) electrons. The number of rotatable bonds is 5. The van der Waals surface area contributed by atoms with Crippen molar-refractivity contribution in [1.29, 1.82) is 0 Å². The second-order valence-corrected chi connectivity index (χ2v) is 9.61. The lowest BCUT2D eigenvalue weighted by Gasteiger charge is -2.31. The fraction of sp³-hybridized carbons (Fsp3) is 0.316. The SMILES string of the molecule is O=C(NNc1cccc(C(F)(F)F)c1)C1CCN(S(=O)(=O)c2c(Cl)cccc2Cl)CC1. The fourth-order valence-electron chi connectivity index (χ4n) is 3.23. The van der Waals surface area contributed by atoms with E-state index in [9.17, 15) is 26.4 Å². The number of nitrogens with zero attached hydrogens (tertiary/aromatic N) is 1. The van der Waals surface area contributed by atoms with Crippen LogP contribution in [0, 0.1) is 5.92 Å². The lowest BCUT2D eigenvalue weighted by molar-refractivity contribution is -0.137. The number of amides is 1. The first-order valence-corrected chi connectivity index (χ1v) is 11.4. The van der Waals surface area contributed by atoms with E-state index in [0.717, 1.165) is 12.1 Å². The maximum absolute atomic E-state index is 12.9. The fourth-order valence-corrected chi connectivity index (χ4v) is 5.79. The van der Waals surface area contributed by atoms with Crippen molar-refractivity contribution in [3.05, 3.63) is 58.1 Å². The summed E-state index contributed by atoms with van der Waals surface area (Å²) in [6.45, 7) is 0.150. The first-order chi connectivity index (χ1) is 14.5. The highest BCUT2D eigenvalue weighted by Gasteiger charge is 2.34. The third kappa shape index (κ3) is 5.43. The van der Waals surface area contributed by atoms with Gasteiger partial charge >= 0.3 is 6.18 Å². The molecule has 1 saturated heterocycles. The number of carbonyl (C=O) groups is 1. The number of benzene rings is 2. The summed E-state index contributed by atoms with van der Waals surface area (Å²) in [6, 6.07) is 8.81. The van der Waals surface area contributed by atoms with Crippen molar-refractivity contribution in [2.24, 2.45) is 5.92 Å². The number of hydrogen-bond acceptors (Lipinski definition) is 4. The molecule has 0 spiro atoms. The Bertz CT molecular complexity index is 1050. The standard InChI is InChI=1S/C19H18Cl2F3N3O3S/c20-15-5-2-6-16(21)17(15)31(29,30)27-9-7-12(8-10-27)18(28)26-25-14-4-1-3-13(11-14)19(22,23)24/h1-6,11-12,25H,7-10H2,(H,26,28). The van der Waals surface area contributed by atoms with E-state index >= 15 is 0 Å². The van der Waals surface area contributed by atoms with Crippen molar-refractivity contribution in [3.8, 4) is 0 Å². The smallest absolute Gasteiger partial charge is 0.299 e. The molecule has 1 heterocycles. The molecule has 31 heavy (non-hydrogen) atoms. The zero-order valence-electron chi connectivity index (χ0n) is 15.9. The van der Waals surface area contributed by atoms with E-state index in [1.54, 1.807) is 0 Å². The molecule has 0 bridgehead atoms. The largest absolute Gasteiger partial charge is 0.416 e. The molecule has 0 aromatic heterocycles. The van der Waals surface area contributed by atoms with Crippen molar-refractivity contribution >= 4 is 44.8 Å². The Kier molecular flexibility index (Phi) is 7.04. The molecule has 1 fully saturated rings. The van der Waals surface area contributed by atoms with Gasteiger partial charge in [-0.1, -0.05) is 35.3 Å². The molecule has 2 N–H and O–H groups in total. The van der Waals surface area contributed by atoms with Gasteiger partial charge in [0.15, 0.2) is 0 Å². The summed E-state index contributed by atoms with van der Waals surface area (Å²) < 4.78 is 65.3. The quantitative estimate of drug-likeness (QED) is 0.596. The number of hydrazine groups is 1. The van der Waals surface area contributed by atoms with Crippen molar-refractivity contribution in [2.45, 2.75) is 23.9 Å². The van der Waals surface area contributed by atoms with Crippen LogP contribution in [0.5, 0.6) is 0 Å². The summed E-state index contributed by atoms with van der Waals surface area (Å²) in [5.41, 5.74) is 4.09. The molecule has 12 heteroatoms. The number of halogens is 5. The Morgan fingerprint density at radius 1 is 1.03 bits per heavy atom. The van der Waals surface area contributed by atoms with Gasteiger partial charge in [0, 0.05) is 19.0 Å². The predicted octanol–water partition coefficient (Wildman–Crippen LogP) is 4.56. The second kappa shape index (κ2) is 9.23. The van der Waals surface area contributed by atoms with Gasteiger partial charge in [-0.15, -0.1) is 0 Å². The Morgan fingerprint density at radius 2 is 1.61 bits per heavy atom. The van der Waals surface area contributed by atoms with E-state index in [-0.39, 0.29) is 46.6 Å². The van der Waals surface area contributed by atoms with Crippen LogP contribution >= 0.6 is 23.2 Å². The van der Waals surface area contributed by atoms with Gasteiger partial charge in [0.2, 0.25) is 15.9 Å². The van der Waals surface area contributed by atoms with Gasteiger partial charge in [-0.2, -0.15) is 17.5 Å². The van der Waals surface area contributed by atoms with Gasteiger partial charge < -0.3 is 0 Å². The van der Waals surface area contributed by atoms with Gasteiger partial charge in [-0.3, -0.25) is 15.6 Å². The average Bonchev–Trinajstić information content (AvgIpc) is 2.71. The predicted molar refractivity (Wildman–Crippen MR) is 111 cm³/mol. The van der Waals surface area contributed by atoms with Crippen LogP contribution in [0.4, 0.5) is 18.9 Å². The van der Waals surface area contributed by atoms with Gasteiger partial charge in [0.25, 0.3) is 0 Å². The summed E-state index contributed by atoms with van der Waals surface area (Å²) in [6.07, 6.45) is -4.03. The van der Waals surface area contributed by atoms with Crippen molar-refractivity contribution < 1.29 is 26.4 Å². The zero-order valence-corrected chi connectivity index (χ0v) is 18.2. The third-order valence-corrected chi connectivity index (χ3v) is 7.72. The van der Waals surface area contributed by atoms with Crippen LogP contribution < -0.4 is 10.9 Å². The minimum Gasteiger partial charge on any atom is -0.299 e. The van der Waals surface area contributed by atoms with Crippen LogP contribution in [0.2, 0.25) is 10.0 Å². The number of nitrogens with one attached hydrogen (secondary N) is 2. The van der Waals surface area contributed by atoms with Gasteiger partial charge in [0.1, 0.15) is 4.90 Å². The van der Waals surface area contributed by atoms with Crippen LogP contribution in [0.3, 0.4) is 0 Å². The van der Waals surface area contributed by atoms with Gasteiger partial charge in [-0.05, 0) is 43.2 Å². The normalized spacial score (nSPS) is 16.2. The van der Waals surface area contributed by atoms with E-state index < -0.39 is 33.6 Å². The maximum atomic E-state index is 12.9. The maximum Gasteiger partial charge on any atom is 0.416 e. The molecule has 1 amide bonds. The molecule has 168 valence electrons. The number of piperidine rings is 1. The zero-order chi connectivity index (χ0) is 22.8. The molecule has 0 atom stereocenters. The highest BCUT2D eigenvalue weighted by molar-refractivity contribution is 7.89. The minimum atomic E-state index is -4.50. The summed E-state index contributed by atoms with van der Waals surface area (Å²) in [5.74, 6) is -0.947. The lowest BCUT2D eigenvalue weighted by atomic mass is 9.98. The number of hydrogen-bond donors (Lipinski definition) is 2. The highest BCUT2D eigenvalue weighted by Crippen LogP contribution is 2.33. The average molecular weight is 496 g/mol. The highest BCUT2D eigenvalue weighted by atomic mass is 35.5. The van der Waals surface area contributed by atoms with Crippen LogP contribution in [0.15, 0.2) is 47.4 Å². The number of carbonyl (C=O) groups excluding carboxylic acids is 1. The van der Waals surface area contributed by atoms with E-state index in [2.05, 4.69) is 10.9 Å². The Hall–Kier alpha value is -2.01. The second-order valence-electron chi connectivity index (χ2n) is 6.92. The number of alkyl halides is 3. The molecule has 6 nitrogen and oxygen atoms in total. The summed E-state index contributed by atoms with van der Waals surface area (Å²) in [7, 11) is -3.93. The molecule has 1 aliphatic heterocycles. The lowest BCUT2D eigenvalue weighted by Crippen LogP contribution is -2.44. The van der Waals surface area contributed by atoms with E-state index in [1.807, 2.05) is 0 Å². The summed E-state index contributed by atoms with van der Waals surface area (Å²) in [4.78, 5) is 12.2. The van der Waals surface area contributed by atoms with Crippen LogP contribution in [0.25, 0.3) is 0 Å². The minimum absolute atomic E-state index is 0.0117. The Labute approximate surface area is 187 Å². The third-order valence-electron chi connectivity index (χ3n) is 4.86. The van der Waals surface area contributed by atoms with Crippen LogP contribution in [-0.2, 0) is 21.0 Å². The molecule has 2 aromatic rings. The first-order valence-electron chi connectivity index (χ1n) is 9.17. The Balaban J connectivity index is 1.59. The summed E-state index contributed by atoms with van der Waals surface area (Å²) in [5, 5.41) is 0.0234. The Morgan fingerprint density at radius 3 is 2.19 bits per heavy atom. The molecule has 2 aromatic carbocycles. The van der Waals surface area contributed by atoms with Crippen LogP contribution in [0.1, 0.15) is 18.4 Å². The molecule has 0 unspecified atom stereocenters. The van der Waals surface area contributed by atoms with Crippen molar-refractivity contribution in [2.75, 3.05) is 18.5 Å². The molecule has 3 rings (SSSR count). The van der Waals surface area contributed by atoms with Gasteiger partial charge in [0.05, 0.1) is 21.3 Å². The number of sulfonamides is 1. The molecular formula is C19H18Cl2F3N3O3S. The van der Waals surface area contributed by atoms with E-state index in [0.29, 0.717) is 0 Å². The first kappa shape index (κ1) is 23.6. The topological polar surface area (TPSA) is 78.5 Å². The van der Waals surface area contributed by atoms with E-state index in [4.69, 9.17) is 23.2 Å². The van der Waals surface area contributed by atoms with Crippen molar-refractivity contribution in [3.63, 3.8) is 0 Å². The molecule has 0 saturated carbocycles. The summed E-state index contributed by atoms with van der Waals surface area (Å²) >= 11 is 12.0. The van der Waals surface area contributed by atoms with Gasteiger partial charge in [-0.25, -0.2) is 8.42 Å².